The van der Waals surface area contributed by atoms with Crippen molar-refractivity contribution in [3.05, 3.63) is 0 Å². The van der Waals surface area contributed by atoms with Crippen LogP contribution >= 0.6 is 11.8 Å². The van der Waals surface area contributed by atoms with Gasteiger partial charge in [-0.3, -0.25) is 0 Å². The molecule has 0 unspecified atom stereocenters. The molecular weight excluding hydrogens is 146 g/mol. The van der Waals surface area contributed by atoms with Gasteiger partial charge in [0.05, 0.1) is 6.61 Å². The van der Waals surface area contributed by atoms with Gasteiger partial charge in [0.25, 0.3) is 0 Å². The Morgan fingerprint density at radius 3 is 2.50 bits per heavy atom. The van der Waals surface area contributed by atoms with Crippen molar-refractivity contribution < 1.29 is 5.11 Å². The first-order valence-corrected chi connectivity index (χ1v) is 4.49. The van der Waals surface area contributed by atoms with Gasteiger partial charge in [0, 0.05) is 5.75 Å². The van der Waals surface area contributed by atoms with Gasteiger partial charge in [-0.1, -0.05) is 12.8 Å². The number of rotatable bonds is 6. The smallest absolute Gasteiger partial charge is 0.133 e. The van der Waals surface area contributed by atoms with Crippen LogP contribution in [0.1, 0.15) is 25.7 Å². The van der Waals surface area contributed by atoms with Gasteiger partial charge in [-0.25, -0.2) is 5.11 Å². The van der Waals surface area contributed by atoms with E-state index < -0.39 is 0 Å². The first-order chi connectivity index (χ1) is 4.91. The summed E-state index contributed by atoms with van der Waals surface area (Å²) in [5.41, 5.74) is 0. The van der Waals surface area contributed by atoms with Crippen LogP contribution in [0.2, 0.25) is 0 Å². The van der Waals surface area contributed by atoms with Gasteiger partial charge in [0.2, 0.25) is 0 Å². The molecule has 0 aromatic heterocycles. The predicted molar refractivity (Wildman–Crippen MR) is 42.1 cm³/mol. The molecule has 3 heteroatoms. The second-order valence-electron chi connectivity index (χ2n) is 2.06. The zero-order chi connectivity index (χ0) is 7.66. The quantitative estimate of drug-likeness (QED) is 0.439. The molecule has 2 nitrogen and oxygen atoms in total. The highest BCUT2D eigenvalue weighted by atomic mass is 32.2. The normalized spacial score (nSPS) is 9.20. The number of nitrogens with zero attached hydrogens (tertiary/aromatic N) is 1. The molecule has 0 saturated carbocycles. The third-order valence-corrected chi connectivity index (χ3v) is 1.83. The number of thioether (sulfide) groups is 1. The van der Waals surface area contributed by atoms with Crippen LogP contribution < -0.4 is 0 Å². The predicted octanol–water partition coefficient (Wildman–Crippen LogP) is 2.19. The first kappa shape index (κ1) is 9.80. The molecule has 0 atom stereocenters. The molecule has 0 aromatic carbocycles. The van der Waals surface area contributed by atoms with Gasteiger partial charge >= 0.3 is 0 Å². The summed E-state index contributed by atoms with van der Waals surface area (Å²) in [6.07, 6.45) is 3.97. The fraction of sp³-hybridized carbons (Fsp3) is 0.857. The van der Waals surface area contributed by atoms with Crippen molar-refractivity contribution >= 4 is 11.8 Å². The zero-order valence-corrected chi connectivity index (χ0v) is 6.82. The Morgan fingerprint density at radius 1 is 1.20 bits per heavy atom. The van der Waals surface area contributed by atoms with E-state index in [1.165, 1.54) is 11.8 Å². The van der Waals surface area contributed by atoms with E-state index in [1.54, 1.807) is 0 Å². The molecule has 0 aromatic rings. The Morgan fingerprint density at radius 2 is 1.90 bits per heavy atom. The Kier molecular flexibility index (Phi) is 8.62. The van der Waals surface area contributed by atoms with Gasteiger partial charge in [0.15, 0.2) is 0 Å². The summed E-state index contributed by atoms with van der Waals surface area (Å²) in [6.45, 7) is 0.0470. The molecule has 57 valence electrons. The summed E-state index contributed by atoms with van der Waals surface area (Å²) >= 11 is 1.29. The van der Waals surface area contributed by atoms with E-state index in [0.29, 0.717) is 0 Å². The number of hydrogen-bond donors (Lipinski definition) is 0. The lowest BCUT2D eigenvalue weighted by atomic mass is 10.2. The zero-order valence-electron chi connectivity index (χ0n) is 6.01. The largest absolute Gasteiger partial charge is 0.237 e. The number of unbranched alkanes of at least 4 members (excludes halogenated alkanes) is 3. The van der Waals surface area contributed by atoms with E-state index in [9.17, 15) is 5.11 Å². The van der Waals surface area contributed by atoms with Crippen LogP contribution in [0.4, 0.5) is 0 Å². The maximum absolute atomic E-state index is 9.96. The van der Waals surface area contributed by atoms with Crippen molar-refractivity contribution in [1.82, 2.24) is 0 Å². The van der Waals surface area contributed by atoms with Crippen LogP contribution in [0.3, 0.4) is 0 Å². The van der Waals surface area contributed by atoms with Gasteiger partial charge < -0.3 is 0 Å². The lowest BCUT2D eigenvalue weighted by Gasteiger charge is -1.94. The Bertz CT molecular complexity index is 100. The molecule has 0 heterocycles. The summed E-state index contributed by atoms with van der Waals surface area (Å²) in [6, 6.07) is 0. The molecule has 0 aliphatic carbocycles. The maximum Gasteiger partial charge on any atom is 0.133 e. The van der Waals surface area contributed by atoms with Crippen LogP contribution in [0.5, 0.6) is 0 Å². The summed E-state index contributed by atoms with van der Waals surface area (Å²) in [5, 5.41) is 20.1. The highest BCUT2D eigenvalue weighted by Crippen LogP contribution is 2.05. The van der Waals surface area contributed by atoms with E-state index in [-0.39, 0.29) is 6.61 Å². The third-order valence-electron chi connectivity index (χ3n) is 1.21. The monoisotopic (exact) mass is 158 g/mol. The summed E-state index contributed by atoms with van der Waals surface area (Å²) in [7, 11) is 0. The molecule has 1 radical (unpaired) electrons. The Hall–Kier alpha value is -0.200. The van der Waals surface area contributed by atoms with Gasteiger partial charge in [0.1, 0.15) is 5.40 Å². The van der Waals surface area contributed by atoms with E-state index in [2.05, 4.69) is 0 Å². The van der Waals surface area contributed by atoms with Crippen LogP contribution in [0.25, 0.3) is 0 Å². The minimum atomic E-state index is 0.0470. The van der Waals surface area contributed by atoms with Crippen molar-refractivity contribution in [1.29, 1.82) is 5.26 Å². The number of nitriles is 1. The molecule has 0 N–H and O–H groups in total. The Balaban J connectivity index is 2.72. The average molecular weight is 158 g/mol. The van der Waals surface area contributed by atoms with E-state index in [0.717, 1.165) is 31.4 Å². The van der Waals surface area contributed by atoms with E-state index in [1.807, 2.05) is 5.40 Å². The second kappa shape index (κ2) is 8.80. The fourth-order valence-corrected chi connectivity index (χ4v) is 1.12. The second-order valence-corrected chi connectivity index (χ2v) is 2.94. The standard InChI is InChI=1S/C7H12NOS/c8-7-10-6-4-2-1-3-5-9/h1-6H2. The number of thiocyanates is 1. The fourth-order valence-electron chi connectivity index (χ4n) is 0.675. The topological polar surface area (TPSA) is 43.7 Å². The summed E-state index contributed by atoms with van der Waals surface area (Å²) < 4.78 is 0. The van der Waals surface area contributed by atoms with Crippen molar-refractivity contribution in [2.45, 2.75) is 25.7 Å². The molecule has 0 aliphatic heterocycles. The van der Waals surface area contributed by atoms with Crippen molar-refractivity contribution in [3.8, 4) is 5.40 Å². The highest BCUT2D eigenvalue weighted by Gasteiger charge is 1.88. The van der Waals surface area contributed by atoms with Crippen molar-refractivity contribution in [3.63, 3.8) is 0 Å². The maximum atomic E-state index is 9.96. The van der Waals surface area contributed by atoms with Crippen molar-refractivity contribution in [2.24, 2.45) is 0 Å². The summed E-state index contributed by atoms with van der Waals surface area (Å²) in [5.74, 6) is 0.912. The Labute approximate surface area is 66.2 Å². The lowest BCUT2D eigenvalue weighted by molar-refractivity contribution is 0.186. The molecule has 0 saturated heterocycles. The van der Waals surface area contributed by atoms with Crippen molar-refractivity contribution in [2.75, 3.05) is 12.4 Å². The molecule has 0 amide bonds. The van der Waals surface area contributed by atoms with Crippen LogP contribution in [-0.4, -0.2) is 12.4 Å². The van der Waals surface area contributed by atoms with Crippen LogP contribution in [-0.2, 0) is 5.11 Å². The summed E-state index contributed by atoms with van der Waals surface area (Å²) in [4.78, 5) is 0. The van der Waals surface area contributed by atoms with Gasteiger partial charge in [-0.15, -0.1) is 0 Å². The van der Waals surface area contributed by atoms with Crippen LogP contribution in [0, 0.1) is 10.7 Å². The molecular formula is C7H12NOS. The molecule has 0 aliphatic rings. The van der Waals surface area contributed by atoms with E-state index >= 15 is 0 Å². The SMILES string of the molecule is N#CSCCCCCC[O]. The van der Waals surface area contributed by atoms with Gasteiger partial charge in [-0.2, -0.15) is 5.26 Å². The highest BCUT2D eigenvalue weighted by molar-refractivity contribution is 8.03. The average Bonchev–Trinajstić information content (AvgIpc) is 1.97. The first-order valence-electron chi connectivity index (χ1n) is 3.51. The van der Waals surface area contributed by atoms with E-state index in [4.69, 9.17) is 5.26 Å². The molecule has 0 bridgehead atoms. The van der Waals surface area contributed by atoms with Gasteiger partial charge in [-0.05, 0) is 24.6 Å². The molecule has 0 spiro atoms. The number of hydrogen-bond acceptors (Lipinski definition) is 2. The molecule has 0 fully saturated rings. The van der Waals surface area contributed by atoms with Crippen LogP contribution in [0.15, 0.2) is 0 Å². The molecule has 0 rings (SSSR count). The minimum Gasteiger partial charge on any atom is -0.237 e. The molecule has 10 heavy (non-hydrogen) atoms. The third kappa shape index (κ3) is 7.80. The lowest BCUT2D eigenvalue weighted by Crippen LogP contribution is -1.83. The minimum absolute atomic E-state index is 0.0470.